The molecule has 4 N–H and O–H groups in total. The van der Waals surface area contributed by atoms with Crippen molar-refractivity contribution in [2.45, 2.75) is 19.4 Å². The Morgan fingerprint density at radius 1 is 1.18 bits per heavy atom. The van der Waals surface area contributed by atoms with Crippen LogP contribution in [0.1, 0.15) is 18.4 Å². The van der Waals surface area contributed by atoms with Crippen LogP contribution in [0.15, 0.2) is 30.3 Å². The molecule has 5 nitrogen and oxygen atoms in total. The van der Waals surface area contributed by atoms with Gasteiger partial charge in [0.1, 0.15) is 6.61 Å². The van der Waals surface area contributed by atoms with Crippen LogP contribution in [0.4, 0.5) is 4.79 Å². The summed E-state index contributed by atoms with van der Waals surface area (Å²) in [6.07, 6.45) is 1.43. The minimum absolute atomic E-state index is 0.303. The third-order valence-corrected chi connectivity index (χ3v) is 2.23. The minimum Gasteiger partial charge on any atom is -0.445 e. The van der Waals surface area contributed by atoms with E-state index in [1.165, 1.54) is 0 Å². The Labute approximate surface area is 101 Å². The van der Waals surface area contributed by atoms with Crippen molar-refractivity contribution < 1.29 is 9.53 Å². The number of nitrogens with two attached hydrogens (primary N) is 1. The van der Waals surface area contributed by atoms with E-state index in [-0.39, 0.29) is 6.09 Å². The van der Waals surface area contributed by atoms with Gasteiger partial charge >= 0.3 is 6.09 Å². The second-order valence-electron chi connectivity index (χ2n) is 3.65. The van der Waals surface area contributed by atoms with Crippen LogP contribution in [0, 0.1) is 0 Å². The predicted molar refractivity (Wildman–Crippen MR) is 66.1 cm³/mol. The van der Waals surface area contributed by atoms with Gasteiger partial charge in [-0.25, -0.2) is 4.79 Å². The molecule has 5 heteroatoms. The Bertz CT molecular complexity index is 317. The highest BCUT2D eigenvalue weighted by Crippen LogP contribution is 2.00. The summed E-state index contributed by atoms with van der Waals surface area (Å²) in [4.78, 5) is 11.3. The van der Waals surface area contributed by atoms with Crippen LogP contribution >= 0.6 is 0 Å². The number of hydrazine groups is 1. The van der Waals surface area contributed by atoms with Crippen molar-refractivity contribution in [2.75, 3.05) is 13.1 Å². The summed E-state index contributed by atoms with van der Waals surface area (Å²) in [5, 5.41) is 2.68. The summed E-state index contributed by atoms with van der Waals surface area (Å²) in [5.41, 5.74) is 3.54. The number of alkyl carbamates (subject to hydrolysis) is 1. The lowest BCUT2D eigenvalue weighted by Crippen LogP contribution is -2.27. The number of carbonyl (C=O) groups is 1. The minimum atomic E-state index is -0.380. The van der Waals surface area contributed by atoms with E-state index in [0.29, 0.717) is 13.2 Å². The van der Waals surface area contributed by atoms with E-state index < -0.39 is 0 Å². The van der Waals surface area contributed by atoms with Crippen molar-refractivity contribution in [3.05, 3.63) is 35.9 Å². The zero-order valence-electron chi connectivity index (χ0n) is 9.82. The van der Waals surface area contributed by atoms with Crippen molar-refractivity contribution in [1.82, 2.24) is 10.7 Å². The summed E-state index contributed by atoms with van der Waals surface area (Å²) in [7, 11) is 0. The first-order chi connectivity index (χ1) is 8.33. The van der Waals surface area contributed by atoms with Gasteiger partial charge in [0.2, 0.25) is 0 Å². The van der Waals surface area contributed by atoms with Gasteiger partial charge in [-0.2, -0.15) is 0 Å². The van der Waals surface area contributed by atoms with Crippen LogP contribution in [-0.4, -0.2) is 19.2 Å². The molecular formula is C12H19N3O2. The maximum atomic E-state index is 11.3. The number of rotatable bonds is 7. The Morgan fingerprint density at radius 2 is 1.88 bits per heavy atom. The number of ether oxygens (including phenoxy) is 1. The van der Waals surface area contributed by atoms with Crippen molar-refractivity contribution >= 4 is 6.09 Å². The van der Waals surface area contributed by atoms with Gasteiger partial charge in [-0.3, -0.25) is 11.3 Å². The monoisotopic (exact) mass is 237 g/mol. The van der Waals surface area contributed by atoms with Crippen molar-refractivity contribution in [2.24, 2.45) is 5.84 Å². The van der Waals surface area contributed by atoms with Gasteiger partial charge in [-0.15, -0.1) is 0 Å². The van der Waals surface area contributed by atoms with Gasteiger partial charge < -0.3 is 10.1 Å². The van der Waals surface area contributed by atoms with E-state index in [1.807, 2.05) is 30.3 Å². The Morgan fingerprint density at radius 3 is 2.59 bits per heavy atom. The standard InChI is InChI=1S/C12H19N3O2/c13-15-9-5-4-8-14-12(16)17-10-11-6-2-1-3-7-11/h1-3,6-7,15H,4-5,8-10,13H2,(H,14,16). The van der Waals surface area contributed by atoms with E-state index in [0.717, 1.165) is 24.9 Å². The summed E-state index contributed by atoms with van der Waals surface area (Å²) < 4.78 is 5.04. The second kappa shape index (κ2) is 8.55. The van der Waals surface area contributed by atoms with E-state index >= 15 is 0 Å². The molecule has 17 heavy (non-hydrogen) atoms. The van der Waals surface area contributed by atoms with Crippen molar-refractivity contribution in [3.63, 3.8) is 0 Å². The van der Waals surface area contributed by atoms with E-state index in [4.69, 9.17) is 10.6 Å². The summed E-state index contributed by atoms with van der Waals surface area (Å²) in [6.45, 7) is 1.66. The van der Waals surface area contributed by atoms with E-state index in [1.54, 1.807) is 0 Å². The molecule has 0 unspecified atom stereocenters. The fourth-order valence-electron chi connectivity index (χ4n) is 1.32. The fourth-order valence-corrected chi connectivity index (χ4v) is 1.32. The van der Waals surface area contributed by atoms with Crippen molar-refractivity contribution in [3.8, 4) is 0 Å². The van der Waals surface area contributed by atoms with Crippen molar-refractivity contribution in [1.29, 1.82) is 0 Å². The summed E-state index contributed by atoms with van der Waals surface area (Å²) in [5.74, 6) is 5.12. The molecule has 0 bridgehead atoms. The number of amides is 1. The molecule has 1 rings (SSSR count). The third-order valence-electron chi connectivity index (χ3n) is 2.23. The van der Waals surface area contributed by atoms with Crippen LogP contribution in [0.2, 0.25) is 0 Å². The highest BCUT2D eigenvalue weighted by atomic mass is 16.5. The first kappa shape index (κ1) is 13.5. The number of nitrogens with one attached hydrogen (secondary N) is 2. The molecular weight excluding hydrogens is 218 g/mol. The van der Waals surface area contributed by atoms with Gasteiger partial charge in [-0.1, -0.05) is 30.3 Å². The quantitative estimate of drug-likeness (QED) is 0.378. The van der Waals surface area contributed by atoms with Gasteiger partial charge in [0.25, 0.3) is 0 Å². The van der Waals surface area contributed by atoms with Gasteiger partial charge in [-0.05, 0) is 18.4 Å². The number of hydrogen-bond donors (Lipinski definition) is 3. The highest BCUT2D eigenvalue weighted by molar-refractivity contribution is 5.67. The molecule has 0 aliphatic rings. The molecule has 0 heterocycles. The Kier molecular flexibility index (Phi) is 6.78. The summed E-state index contributed by atoms with van der Waals surface area (Å²) >= 11 is 0. The molecule has 1 amide bonds. The van der Waals surface area contributed by atoms with Crippen LogP contribution in [-0.2, 0) is 11.3 Å². The maximum absolute atomic E-state index is 11.3. The smallest absolute Gasteiger partial charge is 0.407 e. The Balaban J connectivity index is 2.05. The number of unbranched alkanes of at least 4 members (excludes halogenated alkanes) is 1. The predicted octanol–water partition coefficient (Wildman–Crippen LogP) is 1.16. The molecule has 0 radical (unpaired) electrons. The maximum Gasteiger partial charge on any atom is 0.407 e. The first-order valence-corrected chi connectivity index (χ1v) is 5.71. The normalized spacial score (nSPS) is 9.94. The lowest BCUT2D eigenvalue weighted by atomic mass is 10.2. The first-order valence-electron chi connectivity index (χ1n) is 5.71. The molecule has 0 spiro atoms. The zero-order valence-corrected chi connectivity index (χ0v) is 9.82. The van der Waals surface area contributed by atoms with Gasteiger partial charge in [0.15, 0.2) is 0 Å². The van der Waals surface area contributed by atoms with Gasteiger partial charge in [0, 0.05) is 13.1 Å². The average molecular weight is 237 g/mol. The van der Waals surface area contributed by atoms with Crippen LogP contribution < -0.4 is 16.6 Å². The van der Waals surface area contributed by atoms with Crippen LogP contribution in [0.3, 0.4) is 0 Å². The lowest BCUT2D eigenvalue weighted by Gasteiger charge is -2.06. The van der Waals surface area contributed by atoms with E-state index in [2.05, 4.69) is 10.7 Å². The van der Waals surface area contributed by atoms with Crippen LogP contribution in [0.25, 0.3) is 0 Å². The van der Waals surface area contributed by atoms with Crippen LogP contribution in [0.5, 0.6) is 0 Å². The Hall–Kier alpha value is -1.59. The molecule has 0 fully saturated rings. The molecule has 0 aliphatic carbocycles. The zero-order chi connectivity index (χ0) is 12.3. The molecule has 1 aromatic carbocycles. The number of hydrogen-bond acceptors (Lipinski definition) is 4. The summed E-state index contributed by atoms with van der Waals surface area (Å²) in [6, 6.07) is 9.59. The SMILES string of the molecule is NNCCCCNC(=O)OCc1ccccc1. The largest absolute Gasteiger partial charge is 0.445 e. The van der Waals surface area contributed by atoms with Gasteiger partial charge in [0.05, 0.1) is 0 Å². The average Bonchev–Trinajstić information content (AvgIpc) is 2.37. The lowest BCUT2D eigenvalue weighted by molar-refractivity contribution is 0.139. The number of benzene rings is 1. The number of carbonyl (C=O) groups excluding carboxylic acids is 1. The molecule has 0 saturated heterocycles. The molecule has 0 aliphatic heterocycles. The third kappa shape index (κ3) is 6.55. The molecule has 1 aromatic rings. The molecule has 0 saturated carbocycles. The fraction of sp³-hybridized carbons (Fsp3) is 0.417. The molecule has 94 valence electrons. The second-order valence-corrected chi connectivity index (χ2v) is 3.65. The molecule has 0 atom stereocenters. The highest BCUT2D eigenvalue weighted by Gasteiger charge is 2.00. The van der Waals surface area contributed by atoms with E-state index in [9.17, 15) is 4.79 Å². The topological polar surface area (TPSA) is 76.4 Å². The molecule has 0 aromatic heterocycles.